The molecule has 1 saturated carbocycles. The lowest BCUT2D eigenvalue weighted by atomic mass is 9.97. The molecule has 2 aromatic rings. The first-order valence-corrected chi connectivity index (χ1v) is 11.7. The van der Waals surface area contributed by atoms with Crippen LogP contribution in [0.4, 0.5) is 17.1 Å². The molecule has 168 valence electrons. The van der Waals surface area contributed by atoms with Gasteiger partial charge in [0.15, 0.2) is 0 Å². The van der Waals surface area contributed by atoms with E-state index in [0.717, 1.165) is 62.0 Å². The average molecular weight is 445 g/mol. The summed E-state index contributed by atoms with van der Waals surface area (Å²) in [5.74, 6) is 0. The molecule has 0 atom stereocenters. The molecule has 1 aromatic heterocycles. The predicted octanol–water partition coefficient (Wildman–Crippen LogP) is 4.55. The van der Waals surface area contributed by atoms with Gasteiger partial charge in [0, 0.05) is 49.8 Å². The first-order chi connectivity index (χ1) is 15.1. The van der Waals surface area contributed by atoms with Crippen molar-refractivity contribution in [1.82, 2.24) is 14.7 Å². The number of nitrogens with zero attached hydrogens (tertiary/aromatic N) is 4. The lowest BCUT2D eigenvalue weighted by molar-refractivity contribution is -0.131. The highest BCUT2D eigenvalue weighted by Gasteiger charge is 2.40. The Bertz CT molecular complexity index is 913. The molecule has 2 saturated heterocycles. The summed E-state index contributed by atoms with van der Waals surface area (Å²) in [6.45, 7) is 11.8. The minimum atomic E-state index is 0.189. The topological polar surface area (TPSA) is 69.4 Å². The summed E-state index contributed by atoms with van der Waals surface area (Å²) in [7, 11) is 0. The molecule has 5 rings (SSSR count). The molecule has 1 aromatic carbocycles. The molecule has 3 heterocycles. The zero-order chi connectivity index (χ0) is 22.0. The van der Waals surface area contributed by atoms with Gasteiger partial charge in [-0.05, 0) is 31.9 Å². The maximum absolute atomic E-state index is 7.79. The normalized spacial score (nSPS) is 20.5. The number of anilines is 3. The van der Waals surface area contributed by atoms with Crippen molar-refractivity contribution in [1.29, 1.82) is 5.41 Å². The smallest absolute Gasteiger partial charge is 0.0770 e. The van der Waals surface area contributed by atoms with Crippen LogP contribution in [0, 0.1) is 5.41 Å². The van der Waals surface area contributed by atoms with E-state index in [9.17, 15) is 0 Å². The Morgan fingerprint density at radius 2 is 1.90 bits per heavy atom. The van der Waals surface area contributed by atoms with Crippen molar-refractivity contribution < 1.29 is 4.74 Å². The highest BCUT2D eigenvalue weighted by atomic mass is 35.5. The van der Waals surface area contributed by atoms with Crippen LogP contribution in [-0.2, 0) is 4.74 Å². The third-order valence-corrected chi connectivity index (χ3v) is 6.59. The minimum Gasteiger partial charge on any atom is -0.377 e. The number of halogens is 1. The van der Waals surface area contributed by atoms with E-state index in [4.69, 9.17) is 21.7 Å². The molecule has 8 heteroatoms. The van der Waals surface area contributed by atoms with Crippen molar-refractivity contribution in [3.05, 3.63) is 35.1 Å². The van der Waals surface area contributed by atoms with Crippen molar-refractivity contribution in [3.8, 4) is 0 Å². The Hall–Kier alpha value is -2.09. The van der Waals surface area contributed by atoms with Crippen LogP contribution in [0.15, 0.2) is 24.5 Å². The fourth-order valence-electron chi connectivity index (χ4n) is 4.21. The monoisotopic (exact) mass is 444 g/mol. The Morgan fingerprint density at radius 1 is 1.19 bits per heavy atom. The molecule has 3 fully saturated rings. The molecule has 2 N–H and O–H groups in total. The van der Waals surface area contributed by atoms with E-state index < -0.39 is 0 Å². The first kappa shape index (κ1) is 22.1. The van der Waals surface area contributed by atoms with Crippen LogP contribution in [0.2, 0.25) is 5.02 Å². The van der Waals surface area contributed by atoms with Gasteiger partial charge in [0.1, 0.15) is 0 Å². The molecule has 0 unspecified atom stereocenters. The van der Waals surface area contributed by atoms with Crippen molar-refractivity contribution in [2.45, 2.75) is 45.2 Å². The highest BCUT2D eigenvalue weighted by Crippen LogP contribution is 2.37. The van der Waals surface area contributed by atoms with E-state index in [1.165, 1.54) is 19.1 Å². The fraction of sp³-hybridized carbons (Fsp3) is 0.565. The van der Waals surface area contributed by atoms with Crippen LogP contribution < -0.4 is 10.2 Å². The summed E-state index contributed by atoms with van der Waals surface area (Å²) in [4.78, 5) is 4.87. The quantitative estimate of drug-likeness (QED) is 0.639. The van der Waals surface area contributed by atoms with Gasteiger partial charge in [-0.25, -0.2) is 0 Å². The Balaban J connectivity index is 0.00000112. The summed E-state index contributed by atoms with van der Waals surface area (Å²) >= 11 is 6.61. The van der Waals surface area contributed by atoms with Gasteiger partial charge in [0.25, 0.3) is 0 Å². The molecular weight excluding hydrogens is 412 g/mol. The minimum absolute atomic E-state index is 0.189. The summed E-state index contributed by atoms with van der Waals surface area (Å²) < 4.78 is 7.45. The number of rotatable bonds is 6. The largest absolute Gasteiger partial charge is 0.377 e. The van der Waals surface area contributed by atoms with Gasteiger partial charge in [0.2, 0.25) is 0 Å². The van der Waals surface area contributed by atoms with E-state index >= 15 is 0 Å². The van der Waals surface area contributed by atoms with Crippen LogP contribution in [0.5, 0.6) is 0 Å². The molecule has 0 amide bonds. The Morgan fingerprint density at radius 3 is 2.48 bits per heavy atom. The Kier molecular flexibility index (Phi) is 6.55. The number of hydrogen-bond donors (Lipinski definition) is 2. The van der Waals surface area contributed by atoms with E-state index in [-0.39, 0.29) is 5.54 Å². The molecule has 2 aliphatic heterocycles. The highest BCUT2D eigenvalue weighted by molar-refractivity contribution is 6.33. The molecule has 7 nitrogen and oxygen atoms in total. The predicted molar refractivity (Wildman–Crippen MR) is 127 cm³/mol. The van der Waals surface area contributed by atoms with Crippen molar-refractivity contribution in [2.75, 3.05) is 49.6 Å². The number of piperazine rings is 1. The molecule has 0 spiro atoms. The Labute approximate surface area is 189 Å². The molecule has 0 bridgehead atoms. The number of aromatic nitrogens is 2. The van der Waals surface area contributed by atoms with Crippen molar-refractivity contribution in [3.63, 3.8) is 0 Å². The van der Waals surface area contributed by atoms with Crippen LogP contribution in [0.3, 0.4) is 0 Å². The van der Waals surface area contributed by atoms with Crippen molar-refractivity contribution in [2.24, 2.45) is 0 Å². The van der Waals surface area contributed by atoms with Gasteiger partial charge in [0.05, 0.1) is 47.4 Å². The third-order valence-electron chi connectivity index (χ3n) is 6.29. The van der Waals surface area contributed by atoms with Crippen LogP contribution in [-0.4, -0.2) is 65.8 Å². The van der Waals surface area contributed by atoms with Crippen LogP contribution in [0.1, 0.15) is 45.2 Å². The van der Waals surface area contributed by atoms with E-state index in [1.54, 1.807) is 0 Å². The summed E-state index contributed by atoms with van der Waals surface area (Å²) in [6.07, 6.45) is 7.64. The molecule has 1 aliphatic carbocycles. The van der Waals surface area contributed by atoms with Gasteiger partial charge < -0.3 is 20.4 Å². The number of nitrogens with one attached hydrogen (secondary N) is 2. The summed E-state index contributed by atoms with van der Waals surface area (Å²) in [5, 5.41) is 16.4. The van der Waals surface area contributed by atoms with Crippen LogP contribution >= 0.6 is 11.6 Å². The van der Waals surface area contributed by atoms with E-state index in [0.29, 0.717) is 11.1 Å². The average Bonchev–Trinajstić information content (AvgIpc) is 3.53. The molecule has 31 heavy (non-hydrogen) atoms. The maximum atomic E-state index is 7.79. The zero-order valence-electron chi connectivity index (χ0n) is 18.7. The lowest BCUT2D eigenvalue weighted by Gasteiger charge is -2.50. The van der Waals surface area contributed by atoms with Gasteiger partial charge in [-0.2, -0.15) is 5.10 Å². The lowest BCUT2D eigenvalue weighted by Crippen LogP contribution is -2.64. The second-order valence-corrected chi connectivity index (χ2v) is 8.97. The van der Waals surface area contributed by atoms with E-state index in [2.05, 4.69) is 33.2 Å². The number of hydrogen-bond acceptors (Lipinski definition) is 6. The van der Waals surface area contributed by atoms with Crippen LogP contribution in [0.25, 0.3) is 0 Å². The van der Waals surface area contributed by atoms with Gasteiger partial charge in [-0.1, -0.05) is 25.4 Å². The second-order valence-electron chi connectivity index (χ2n) is 8.56. The third kappa shape index (κ3) is 4.59. The molecule has 3 aliphatic rings. The zero-order valence-corrected chi connectivity index (χ0v) is 19.5. The van der Waals surface area contributed by atoms with Gasteiger partial charge >= 0.3 is 0 Å². The number of benzene rings is 1. The standard InChI is InChI=1S/C21H27ClN6O.C2H6/c1-21(13-29-14-21)27-6-4-26(5-7-27)20-9-19(15(10-23)8-18(20)22)25-16-11-24-28(12-16)17-2-3-17;1-2/h8-12,17,23,25H,2-7,13-14H2,1H3;1-2H3. The van der Waals surface area contributed by atoms with Crippen molar-refractivity contribution >= 4 is 34.9 Å². The summed E-state index contributed by atoms with van der Waals surface area (Å²) in [6, 6.07) is 4.50. The SMILES string of the molecule is CC.CC1(N2CCN(c3cc(Nc4cnn(C5CC5)c4)c(C=N)cc3Cl)CC2)COC1. The molecular formula is C23H33ClN6O. The van der Waals surface area contributed by atoms with Gasteiger partial charge in [-0.15, -0.1) is 0 Å². The first-order valence-electron chi connectivity index (χ1n) is 11.3. The second kappa shape index (κ2) is 9.18. The summed E-state index contributed by atoms with van der Waals surface area (Å²) in [5.41, 5.74) is 3.81. The van der Waals surface area contributed by atoms with Gasteiger partial charge in [-0.3, -0.25) is 9.58 Å². The number of ether oxygens (including phenoxy) is 1. The molecule has 0 radical (unpaired) electrons. The fourth-order valence-corrected chi connectivity index (χ4v) is 4.50. The maximum Gasteiger partial charge on any atom is 0.0770 e. The van der Waals surface area contributed by atoms with E-state index in [1.807, 2.05) is 37.0 Å².